The SMILES string of the molecule is CCN(CC)CCCNS(=O)(=O)c1c(C(C)C)cc(C(C)C)cc1C(C)C. The molecule has 0 aliphatic carbocycles. The van der Waals surface area contributed by atoms with E-state index in [0.717, 1.165) is 37.2 Å². The molecule has 0 saturated carbocycles. The Bertz CT molecular complexity index is 661. The zero-order valence-corrected chi connectivity index (χ0v) is 19.4. The summed E-state index contributed by atoms with van der Waals surface area (Å²) in [6.45, 7) is 20.2. The second-order valence-corrected chi connectivity index (χ2v) is 9.97. The van der Waals surface area contributed by atoms with Gasteiger partial charge in [-0.15, -0.1) is 0 Å². The Hall–Kier alpha value is -0.910. The number of hydrogen-bond acceptors (Lipinski definition) is 3. The van der Waals surface area contributed by atoms with Crippen LogP contribution in [0.2, 0.25) is 0 Å². The van der Waals surface area contributed by atoms with Gasteiger partial charge in [0.25, 0.3) is 0 Å². The summed E-state index contributed by atoms with van der Waals surface area (Å²) in [6.07, 6.45) is 0.818. The fraction of sp³-hybridized carbons (Fsp3) is 0.727. The molecule has 0 atom stereocenters. The van der Waals surface area contributed by atoms with Gasteiger partial charge in [-0.1, -0.05) is 67.5 Å². The van der Waals surface area contributed by atoms with Gasteiger partial charge in [-0.05, 0) is 60.5 Å². The number of sulfonamides is 1. The molecule has 0 aliphatic rings. The lowest BCUT2D eigenvalue weighted by molar-refractivity contribution is 0.300. The van der Waals surface area contributed by atoms with Gasteiger partial charge in [0.05, 0.1) is 4.90 Å². The van der Waals surface area contributed by atoms with E-state index in [0.29, 0.717) is 17.4 Å². The molecular formula is C22H40N2O2S. The van der Waals surface area contributed by atoms with Crippen molar-refractivity contribution in [1.82, 2.24) is 9.62 Å². The average Bonchev–Trinajstić information content (AvgIpc) is 2.60. The van der Waals surface area contributed by atoms with Gasteiger partial charge in [0, 0.05) is 6.54 Å². The quantitative estimate of drug-likeness (QED) is 0.531. The van der Waals surface area contributed by atoms with Crippen molar-refractivity contribution in [3.8, 4) is 0 Å². The number of benzene rings is 1. The van der Waals surface area contributed by atoms with Crippen LogP contribution in [0.3, 0.4) is 0 Å². The molecule has 4 nitrogen and oxygen atoms in total. The van der Waals surface area contributed by atoms with Crippen LogP contribution >= 0.6 is 0 Å². The van der Waals surface area contributed by atoms with Gasteiger partial charge in [-0.2, -0.15) is 0 Å². The summed E-state index contributed by atoms with van der Waals surface area (Å²) in [5, 5.41) is 0. The van der Waals surface area contributed by atoms with Gasteiger partial charge in [-0.25, -0.2) is 13.1 Å². The molecule has 156 valence electrons. The lowest BCUT2D eigenvalue weighted by Crippen LogP contribution is -2.31. The van der Waals surface area contributed by atoms with E-state index < -0.39 is 10.0 Å². The molecule has 0 unspecified atom stereocenters. The van der Waals surface area contributed by atoms with Crippen LogP contribution in [-0.4, -0.2) is 39.5 Å². The maximum absolute atomic E-state index is 13.2. The Morgan fingerprint density at radius 3 is 1.74 bits per heavy atom. The Labute approximate surface area is 167 Å². The van der Waals surface area contributed by atoms with Gasteiger partial charge in [0.2, 0.25) is 10.0 Å². The maximum atomic E-state index is 13.2. The standard InChI is InChI=1S/C22H40N2O2S/c1-9-24(10-2)13-11-12-23-27(25,26)22-20(17(5)6)14-19(16(3)4)15-21(22)18(7)8/h14-18,23H,9-13H2,1-8H3. The summed E-state index contributed by atoms with van der Waals surface area (Å²) < 4.78 is 29.3. The highest BCUT2D eigenvalue weighted by Crippen LogP contribution is 2.34. The predicted molar refractivity (Wildman–Crippen MR) is 116 cm³/mol. The zero-order valence-electron chi connectivity index (χ0n) is 18.6. The van der Waals surface area contributed by atoms with E-state index in [-0.39, 0.29) is 11.8 Å². The van der Waals surface area contributed by atoms with Crippen molar-refractivity contribution < 1.29 is 8.42 Å². The van der Waals surface area contributed by atoms with Gasteiger partial charge in [-0.3, -0.25) is 0 Å². The van der Waals surface area contributed by atoms with Crippen molar-refractivity contribution in [3.63, 3.8) is 0 Å². The van der Waals surface area contributed by atoms with Crippen LogP contribution in [0, 0.1) is 0 Å². The third-order valence-electron chi connectivity index (χ3n) is 5.19. The fourth-order valence-electron chi connectivity index (χ4n) is 3.32. The van der Waals surface area contributed by atoms with Crippen LogP contribution in [0.1, 0.15) is 96.3 Å². The van der Waals surface area contributed by atoms with Gasteiger partial charge in [0.15, 0.2) is 0 Å². The molecule has 1 aromatic rings. The molecule has 0 spiro atoms. The van der Waals surface area contributed by atoms with Crippen LogP contribution in [0.5, 0.6) is 0 Å². The van der Waals surface area contributed by atoms with Gasteiger partial charge >= 0.3 is 0 Å². The first-order chi connectivity index (χ1) is 12.5. The average molecular weight is 397 g/mol. The molecular weight excluding hydrogens is 356 g/mol. The summed E-state index contributed by atoms with van der Waals surface area (Å²) in [4.78, 5) is 2.81. The molecule has 27 heavy (non-hydrogen) atoms. The van der Waals surface area contributed by atoms with Gasteiger partial charge in [0.1, 0.15) is 0 Å². The fourth-order valence-corrected chi connectivity index (χ4v) is 5.09. The van der Waals surface area contributed by atoms with Crippen molar-refractivity contribution in [2.45, 2.75) is 84.5 Å². The molecule has 1 aromatic carbocycles. The van der Waals surface area contributed by atoms with Crippen molar-refractivity contribution in [3.05, 3.63) is 28.8 Å². The van der Waals surface area contributed by atoms with E-state index in [1.807, 2.05) is 0 Å². The molecule has 5 heteroatoms. The smallest absolute Gasteiger partial charge is 0.241 e. The van der Waals surface area contributed by atoms with Crippen LogP contribution in [0.15, 0.2) is 17.0 Å². The molecule has 0 amide bonds. The normalized spacial score (nSPS) is 12.7. The summed E-state index contributed by atoms with van der Waals surface area (Å²) >= 11 is 0. The summed E-state index contributed by atoms with van der Waals surface area (Å²) in [5.74, 6) is 0.686. The Kier molecular flexibility index (Phi) is 9.46. The van der Waals surface area contributed by atoms with Crippen molar-refractivity contribution in [1.29, 1.82) is 0 Å². The van der Waals surface area contributed by atoms with E-state index >= 15 is 0 Å². The first-order valence-electron chi connectivity index (χ1n) is 10.4. The molecule has 0 heterocycles. The van der Waals surface area contributed by atoms with Gasteiger partial charge < -0.3 is 4.90 Å². The Balaban J connectivity index is 3.21. The maximum Gasteiger partial charge on any atom is 0.241 e. The minimum atomic E-state index is -3.53. The molecule has 0 aliphatic heterocycles. The molecule has 0 radical (unpaired) electrons. The predicted octanol–water partition coefficient (Wildman–Crippen LogP) is 5.07. The highest BCUT2D eigenvalue weighted by Gasteiger charge is 2.26. The van der Waals surface area contributed by atoms with E-state index in [1.165, 1.54) is 5.56 Å². The number of hydrogen-bond donors (Lipinski definition) is 1. The third-order valence-corrected chi connectivity index (χ3v) is 6.78. The molecule has 0 saturated heterocycles. The van der Waals surface area contributed by atoms with Crippen molar-refractivity contribution in [2.75, 3.05) is 26.2 Å². The van der Waals surface area contributed by atoms with Crippen LogP contribution in [0.4, 0.5) is 0 Å². The molecule has 1 rings (SSSR count). The first-order valence-corrected chi connectivity index (χ1v) is 11.9. The van der Waals surface area contributed by atoms with E-state index in [1.54, 1.807) is 0 Å². The Morgan fingerprint density at radius 2 is 1.37 bits per heavy atom. The minimum absolute atomic E-state index is 0.156. The van der Waals surface area contributed by atoms with E-state index in [2.05, 4.69) is 77.1 Å². The zero-order chi connectivity index (χ0) is 20.8. The molecule has 0 aromatic heterocycles. The largest absolute Gasteiger partial charge is 0.304 e. The van der Waals surface area contributed by atoms with E-state index in [4.69, 9.17) is 0 Å². The van der Waals surface area contributed by atoms with E-state index in [9.17, 15) is 8.42 Å². The molecule has 0 bridgehead atoms. The van der Waals surface area contributed by atoms with Crippen LogP contribution in [-0.2, 0) is 10.0 Å². The minimum Gasteiger partial charge on any atom is -0.304 e. The highest BCUT2D eigenvalue weighted by molar-refractivity contribution is 7.89. The monoisotopic (exact) mass is 396 g/mol. The van der Waals surface area contributed by atoms with Crippen LogP contribution < -0.4 is 4.72 Å². The lowest BCUT2D eigenvalue weighted by atomic mass is 9.89. The highest BCUT2D eigenvalue weighted by atomic mass is 32.2. The lowest BCUT2D eigenvalue weighted by Gasteiger charge is -2.23. The van der Waals surface area contributed by atoms with Crippen molar-refractivity contribution in [2.24, 2.45) is 0 Å². The molecule has 0 fully saturated rings. The second-order valence-electron chi connectivity index (χ2n) is 8.27. The number of nitrogens with one attached hydrogen (secondary N) is 1. The summed E-state index contributed by atoms with van der Waals surface area (Å²) in [7, 11) is -3.53. The topological polar surface area (TPSA) is 49.4 Å². The second kappa shape index (κ2) is 10.6. The summed E-state index contributed by atoms with van der Waals surface area (Å²) in [5.41, 5.74) is 3.07. The summed E-state index contributed by atoms with van der Waals surface area (Å²) in [6, 6.07) is 4.18. The first kappa shape index (κ1) is 24.1. The number of rotatable bonds is 11. The molecule has 1 N–H and O–H groups in total. The Morgan fingerprint density at radius 1 is 0.889 bits per heavy atom. The van der Waals surface area contributed by atoms with Crippen LogP contribution in [0.25, 0.3) is 0 Å². The van der Waals surface area contributed by atoms with Crippen molar-refractivity contribution >= 4 is 10.0 Å². The number of nitrogens with zero attached hydrogens (tertiary/aromatic N) is 1. The third kappa shape index (κ3) is 6.58.